The van der Waals surface area contributed by atoms with Gasteiger partial charge in [0.05, 0.1) is 18.8 Å². The fourth-order valence-electron chi connectivity index (χ4n) is 3.46. The Morgan fingerprint density at radius 1 is 1.25 bits per heavy atom. The molecule has 2 aliphatic rings. The van der Waals surface area contributed by atoms with E-state index in [4.69, 9.17) is 4.74 Å². The predicted octanol–water partition coefficient (Wildman–Crippen LogP) is 3.17. The number of ether oxygens (including phenoxy) is 1. The number of rotatable bonds is 6. The molecule has 1 heterocycles. The molecule has 2 fully saturated rings. The van der Waals surface area contributed by atoms with Crippen LogP contribution in [-0.2, 0) is 4.74 Å². The van der Waals surface area contributed by atoms with Crippen LogP contribution in [0.2, 0.25) is 0 Å². The van der Waals surface area contributed by atoms with E-state index >= 15 is 0 Å². The number of aliphatic hydroxyl groups excluding tert-OH is 1. The Hall–Kier alpha value is -0.120. The van der Waals surface area contributed by atoms with Gasteiger partial charge >= 0.3 is 0 Å². The summed E-state index contributed by atoms with van der Waals surface area (Å²) in [5, 5.41) is 10.0. The van der Waals surface area contributed by atoms with Crippen molar-refractivity contribution in [2.24, 2.45) is 17.8 Å². The molecule has 120 valence electrons. The standard InChI is InChI=1S/C16H31NO2.CH4/c1-12(2)15-6-5-13(3)9-16(15)19-11-14(18)10-17-7-4-8-17;/h12-16,18H,4-11H2,1-3H3;1H4. The van der Waals surface area contributed by atoms with Gasteiger partial charge < -0.3 is 14.7 Å². The molecule has 20 heavy (non-hydrogen) atoms. The molecule has 3 heteroatoms. The van der Waals surface area contributed by atoms with Crippen LogP contribution in [0, 0.1) is 17.8 Å². The van der Waals surface area contributed by atoms with Gasteiger partial charge in [0.15, 0.2) is 0 Å². The zero-order valence-corrected chi connectivity index (χ0v) is 12.8. The Morgan fingerprint density at radius 2 is 1.95 bits per heavy atom. The van der Waals surface area contributed by atoms with Gasteiger partial charge in [0.1, 0.15) is 0 Å². The highest BCUT2D eigenvalue weighted by Crippen LogP contribution is 2.35. The van der Waals surface area contributed by atoms with Gasteiger partial charge in [0.2, 0.25) is 0 Å². The number of aliphatic hydroxyl groups is 1. The molecule has 4 atom stereocenters. The highest BCUT2D eigenvalue weighted by atomic mass is 16.5. The van der Waals surface area contributed by atoms with Crippen LogP contribution in [0.15, 0.2) is 0 Å². The molecule has 3 nitrogen and oxygen atoms in total. The van der Waals surface area contributed by atoms with Crippen LogP contribution in [0.3, 0.4) is 0 Å². The molecule has 2 rings (SSSR count). The molecule has 0 aromatic rings. The minimum absolute atomic E-state index is 0. The van der Waals surface area contributed by atoms with Crippen molar-refractivity contribution in [1.29, 1.82) is 0 Å². The predicted molar refractivity (Wildman–Crippen MR) is 84.9 cm³/mol. The second kappa shape index (κ2) is 8.35. The van der Waals surface area contributed by atoms with E-state index in [0.717, 1.165) is 25.6 Å². The molecule has 1 saturated heterocycles. The third kappa shape index (κ3) is 5.01. The summed E-state index contributed by atoms with van der Waals surface area (Å²) in [6, 6.07) is 0. The average Bonchev–Trinajstić information content (AvgIpc) is 2.31. The van der Waals surface area contributed by atoms with Crippen molar-refractivity contribution in [2.45, 2.75) is 66.1 Å². The quantitative estimate of drug-likeness (QED) is 0.813. The fourth-order valence-corrected chi connectivity index (χ4v) is 3.46. The third-order valence-electron chi connectivity index (χ3n) is 4.88. The molecule has 0 bridgehead atoms. The van der Waals surface area contributed by atoms with Gasteiger partial charge in [0.25, 0.3) is 0 Å². The van der Waals surface area contributed by atoms with Crippen molar-refractivity contribution < 1.29 is 9.84 Å². The Balaban J connectivity index is 0.00000200. The molecule has 4 unspecified atom stereocenters. The van der Waals surface area contributed by atoms with E-state index in [1.165, 1.54) is 25.7 Å². The normalized spacial score (nSPS) is 32.5. The van der Waals surface area contributed by atoms with Gasteiger partial charge in [-0.15, -0.1) is 0 Å². The summed E-state index contributed by atoms with van der Waals surface area (Å²) in [4.78, 5) is 2.30. The van der Waals surface area contributed by atoms with E-state index in [1.54, 1.807) is 0 Å². The number of hydrogen-bond acceptors (Lipinski definition) is 3. The van der Waals surface area contributed by atoms with E-state index in [-0.39, 0.29) is 13.5 Å². The molecular formula is C17H35NO2. The number of hydrogen-bond donors (Lipinski definition) is 1. The summed E-state index contributed by atoms with van der Waals surface area (Å²) in [6.45, 7) is 10.5. The molecule has 0 aromatic heterocycles. The average molecular weight is 285 g/mol. The second-order valence-electron chi connectivity index (χ2n) is 7.01. The lowest BCUT2D eigenvalue weighted by Gasteiger charge is -2.38. The van der Waals surface area contributed by atoms with E-state index in [0.29, 0.717) is 24.5 Å². The Labute approximate surface area is 125 Å². The molecular weight excluding hydrogens is 250 g/mol. The first-order valence-electron chi connectivity index (χ1n) is 8.08. The van der Waals surface area contributed by atoms with Crippen molar-refractivity contribution in [3.05, 3.63) is 0 Å². The van der Waals surface area contributed by atoms with Crippen LogP contribution in [0.25, 0.3) is 0 Å². The summed E-state index contributed by atoms with van der Waals surface area (Å²) >= 11 is 0. The SMILES string of the molecule is C.CC1CCC(C(C)C)C(OCC(O)CN2CCC2)C1. The Kier molecular flexibility index (Phi) is 7.49. The largest absolute Gasteiger partial charge is 0.389 e. The molecule has 0 aromatic carbocycles. The summed E-state index contributed by atoms with van der Waals surface area (Å²) < 4.78 is 6.08. The van der Waals surface area contributed by atoms with Gasteiger partial charge in [-0.2, -0.15) is 0 Å². The lowest BCUT2D eigenvalue weighted by Crippen LogP contribution is -2.44. The molecule has 1 aliphatic heterocycles. The molecule has 0 radical (unpaired) electrons. The minimum Gasteiger partial charge on any atom is -0.389 e. The topological polar surface area (TPSA) is 32.7 Å². The van der Waals surface area contributed by atoms with E-state index in [1.807, 2.05) is 0 Å². The second-order valence-corrected chi connectivity index (χ2v) is 7.01. The molecule has 1 N–H and O–H groups in total. The first kappa shape index (κ1) is 17.9. The number of β-amino-alcohol motifs (C(OH)–C–C–N with tert-alkyl or cyclic N) is 1. The smallest absolute Gasteiger partial charge is 0.0900 e. The highest BCUT2D eigenvalue weighted by molar-refractivity contribution is 4.82. The highest BCUT2D eigenvalue weighted by Gasteiger charge is 2.31. The van der Waals surface area contributed by atoms with Crippen LogP contribution in [-0.4, -0.2) is 48.5 Å². The van der Waals surface area contributed by atoms with E-state index in [2.05, 4.69) is 25.7 Å². The van der Waals surface area contributed by atoms with Crippen LogP contribution in [0.5, 0.6) is 0 Å². The lowest BCUT2D eigenvalue weighted by atomic mass is 9.75. The zero-order chi connectivity index (χ0) is 13.8. The van der Waals surface area contributed by atoms with Gasteiger partial charge in [-0.05, 0) is 50.1 Å². The van der Waals surface area contributed by atoms with Gasteiger partial charge in [-0.3, -0.25) is 0 Å². The monoisotopic (exact) mass is 285 g/mol. The maximum Gasteiger partial charge on any atom is 0.0900 e. The molecule has 0 spiro atoms. The Morgan fingerprint density at radius 3 is 2.50 bits per heavy atom. The maximum atomic E-state index is 10.0. The molecule has 0 amide bonds. The van der Waals surface area contributed by atoms with Crippen molar-refractivity contribution >= 4 is 0 Å². The molecule has 1 aliphatic carbocycles. The van der Waals surface area contributed by atoms with E-state index in [9.17, 15) is 5.11 Å². The van der Waals surface area contributed by atoms with Gasteiger partial charge in [-0.25, -0.2) is 0 Å². The first-order valence-corrected chi connectivity index (χ1v) is 8.08. The fraction of sp³-hybridized carbons (Fsp3) is 1.00. The summed E-state index contributed by atoms with van der Waals surface area (Å²) in [5.41, 5.74) is 0. The van der Waals surface area contributed by atoms with Crippen LogP contribution < -0.4 is 0 Å². The van der Waals surface area contributed by atoms with Crippen LogP contribution in [0.4, 0.5) is 0 Å². The van der Waals surface area contributed by atoms with Crippen molar-refractivity contribution in [2.75, 3.05) is 26.2 Å². The van der Waals surface area contributed by atoms with Gasteiger partial charge in [-0.1, -0.05) is 34.6 Å². The van der Waals surface area contributed by atoms with Crippen molar-refractivity contribution in [3.8, 4) is 0 Å². The minimum atomic E-state index is -0.314. The summed E-state index contributed by atoms with van der Waals surface area (Å²) in [7, 11) is 0. The maximum absolute atomic E-state index is 10.0. The third-order valence-corrected chi connectivity index (χ3v) is 4.88. The first-order chi connectivity index (χ1) is 9.06. The van der Waals surface area contributed by atoms with Crippen molar-refractivity contribution in [1.82, 2.24) is 4.90 Å². The van der Waals surface area contributed by atoms with Crippen LogP contribution in [0.1, 0.15) is 53.9 Å². The van der Waals surface area contributed by atoms with Crippen LogP contribution >= 0.6 is 0 Å². The summed E-state index contributed by atoms with van der Waals surface area (Å²) in [6.07, 6.45) is 5.10. The van der Waals surface area contributed by atoms with Crippen molar-refractivity contribution in [3.63, 3.8) is 0 Å². The summed E-state index contributed by atoms with van der Waals surface area (Å²) in [5.74, 6) is 2.13. The number of nitrogens with zero attached hydrogens (tertiary/aromatic N) is 1. The molecule has 1 saturated carbocycles. The van der Waals surface area contributed by atoms with E-state index < -0.39 is 0 Å². The Bertz CT molecular complexity index is 266. The number of likely N-dealkylation sites (tertiary alicyclic amines) is 1. The zero-order valence-electron chi connectivity index (χ0n) is 12.8. The van der Waals surface area contributed by atoms with Gasteiger partial charge in [0, 0.05) is 6.54 Å². The lowest BCUT2D eigenvalue weighted by molar-refractivity contribution is -0.0764.